The standard InChI is InChI=1S/C14H22N2/c1-3-15-14(9-7-12-5-6-12)13-8-4-11(2)16-10-13/h4,8,10,12,14-15H,3,5-7,9H2,1-2H3. The predicted octanol–water partition coefficient (Wildman–Crippen LogP) is 3.23. The van der Waals surface area contributed by atoms with Gasteiger partial charge in [-0.2, -0.15) is 0 Å². The third-order valence-corrected chi connectivity index (χ3v) is 3.35. The molecule has 1 aromatic rings. The van der Waals surface area contributed by atoms with Crippen LogP contribution in [0.25, 0.3) is 0 Å². The molecule has 0 radical (unpaired) electrons. The number of nitrogens with one attached hydrogen (secondary N) is 1. The van der Waals surface area contributed by atoms with Crippen LogP contribution >= 0.6 is 0 Å². The molecule has 1 aliphatic carbocycles. The molecule has 1 fully saturated rings. The summed E-state index contributed by atoms with van der Waals surface area (Å²) in [6, 6.07) is 4.82. The minimum atomic E-state index is 0.499. The van der Waals surface area contributed by atoms with E-state index in [4.69, 9.17) is 0 Å². The van der Waals surface area contributed by atoms with E-state index in [0.29, 0.717) is 6.04 Å². The van der Waals surface area contributed by atoms with Crippen molar-refractivity contribution >= 4 is 0 Å². The van der Waals surface area contributed by atoms with Crippen molar-refractivity contribution in [3.63, 3.8) is 0 Å². The van der Waals surface area contributed by atoms with Crippen LogP contribution in [-0.4, -0.2) is 11.5 Å². The molecule has 1 heterocycles. The van der Waals surface area contributed by atoms with Crippen molar-refractivity contribution in [1.82, 2.24) is 10.3 Å². The van der Waals surface area contributed by atoms with Gasteiger partial charge in [-0.3, -0.25) is 4.98 Å². The second kappa shape index (κ2) is 5.44. The Morgan fingerprint density at radius 1 is 1.44 bits per heavy atom. The smallest absolute Gasteiger partial charge is 0.0372 e. The average molecular weight is 218 g/mol. The molecule has 88 valence electrons. The highest BCUT2D eigenvalue weighted by atomic mass is 14.9. The molecule has 2 rings (SSSR count). The zero-order valence-corrected chi connectivity index (χ0v) is 10.4. The molecule has 2 nitrogen and oxygen atoms in total. The number of aromatic nitrogens is 1. The summed E-state index contributed by atoms with van der Waals surface area (Å²) in [4.78, 5) is 4.39. The molecule has 0 bridgehead atoms. The van der Waals surface area contributed by atoms with Crippen LogP contribution in [0.3, 0.4) is 0 Å². The molecule has 1 aromatic heterocycles. The van der Waals surface area contributed by atoms with Crippen molar-refractivity contribution in [2.45, 2.75) is 45.6 Å². The number of hydrogen-bond acceptors (Lipinski definition) is 2. The Hall–Kier alpha value is -0.890. The lowest BCUT2D eigenvalue weighted by Crippen LogP contribution is -2.21. The fourth-order valence-electron chi connectivity index (χ4n) is 2.13. The van der Waals surface area contributed by atoms with Crippen molar-refractivity contribution in [3.05, 3.63) is 29.6 Å². The SMILES string of the molecule is CCNC(CCC1CC1)c1ccc(C)nc1. The lowest BCUT2D eigenvalue weighted by atomic mass is 10.0. The maximum Gasteiger partial charge on any atom is 0.0372 e. The van der Waals surface area contributed by atoms with Gasteiger partial charge in [0.15, 0.2) is 0 Å². The van der Waals surface area contributed by atoms with E-state index >= 15 is 0 Å². The molecular weight excluding hydrogens is 196 g/mol. The zero-order chi connectivity index (χ0) is 11.4. The normalized spacial score (nSPS) is 17.4. The quantitative estimate of drug-likeness (QED) is 0.793. The summed E-state index contributed by atoms with van der Waals surface area (Å²) >= 11 is 0. The van der Waals surface area contributed by atoms with Crippen LogP contribution < -0.4 is 5.32 Å². The van der Waals surface area contributed by atoms with Crippen LogP contribution in [0.1, 0.15) is 49.9 Å². The Morgan fingerprint density at radius 3 is 2.81 bits per heavy atom. The van der Waals surface area contributed by atoms with Crippen LogP contribution in [-0.2, 0) is 0 Å². The van der Waals surface area contributed by atoms with Crippen molar-refractivity contribution in [1.29, 1.82) is 0 Å². The first-order valence-electron chi connectivity index (χ1n) is 6.45. The van der Waals surface area contributed by atoms with Crippen molar-refractivity contribution in [2.75, 3.05) is 6.54 Å². The summed E-state index contributed by atoms with van der Waals surface area (Å²) in [6.45, 7) is 5.24. The first kappa shape index (κ1) is 11.6. The predicted molar refractivity (Wildman–Crippen MR) is 67.3 cm³/mol. The highest BCUT2D eigenvalue weighted by Gasteiger charge is 2.22. The monoisotopic (exact) mass is 218 g/mol. The minimum absolute atomic E-state index is 0.499. The second-order valence-corrected chi connectivity index (χ2v) is 4.86. The summed E-state index contributed by atoms with van der Waals surface area (Å²) in [5.41, 5.74) is 2.44. The largest absolute Gasteiger partial charge is 0.310 e. The topological polar surface area (TPSA) is 24.9 Å². The number of rotatable bonds is 6. The molecule has 0 spiro atoms. The minimum Gasteiger partial charge on any atom is -0.310 e. The molecule has 2 heteroatoms. The highest BCUT2D eigenvalue weighted by molar-refractivity contribution is 5.17. The fourth-order valence-corrected chi connectivity index (χ4v) is 2.13. The van der Waals surface area contributed by atoms with E-state index in [-0.39, 0.29) is 0 Å². The van der Waals surface area contributed by atoms with Crippen LogP contribution in [0.5, 0.6) is 0 Å². The molecular formula is C14H22N2. The summed E-state index contributed by atoms with van der Waals surface area (Å²) in [7, 11) is 0. The third kappa shape index (κ3) is 3.31. The molecule has 1 saturated carbocycles. The summed E-state index contributed by atoms with van der Waals surface area (Å²) in [5, 5.41) is 3.56. The van der Waals surface area contributed by atoms with Crippen molar-refractivity contribution in [3.8, 4) is 0 Å². The van der Waals surface area contributed by atoms with Gasteiger partial charge in [0, 0.05) is 17.9 Å². The molecule has 1 unspecified atom stereocenters. The summed E-state index contributed by atoms with van der Waals surface area (Å²) in [5.74, 6) is 1.01. The van der Waals surface area contributed by atoms with Gasteiger partial charge in [0.25, 0.3) is 0 Å². The van der Waals surface area contributed by atoms with Crippen LogP contribution in [0.4, 0.5) is 0 Å². The van der Waals surface area contributed by atoms with Gasteiger partial charge < -0.3 is 5.32 Å². The van der Waals surface area contributed by atoms with Crippen LogP contribution in [0, 0.1) is 12.8 Å². The van der Waals surface area contributed by atoms with Crippen molar-refractivity contribution < 1.29 is 0 Å². The number of pyridine rings is 1. The van der Waals surface area contributed by atoms with Gasteiger partial charge in [-0.15, -0.1) is 0 Å². The van der Waals surface area contributed by atoms with E-state index in [1.165, 1.54) is 31.2 Å². The molecule has 0 aliphatic heterocycles. The number of nitrogens with zero attached hydrogens (tertiary/aromatic N) is 1. The molecule has 1 atom stereocenters. The maximum absolute atomic E-state index is 4.39. The van der Waals surface area contributed by atoms with Gasteiger partial charge in [0.2, 0.25) is 0 Å². The molecule has 0 saturated heterocycles. The fraction of sp³-hybridized carbons (Fsp3) is 0.643. The molecule has 16 heavy (non-hydrogen) atoms. The van der Waals surface area contributed by atoms with E-state index in [1.54, 1.807) is 0 Å². The molecule has 1 N–H and O–H groups in total. The Morgan fingerprint density at radius 2 is 2.25 bits per heavy atom. The van der Waals surface area contributed by atoms with Gasteiger partial charge in [-0.05, 0) is 43.9 Å². The van der Waals surface area contributed by atoms with Gasteiger partial charge in [0.05, 0.1) is 0 Å². The van der Waals surface area contributed by atoms with E-state index in [2.05, 4.69) is 29.4 Å². The number of aryl methyl sites for hydroxylation is 1. The Labute approximate surface area is 98.5 Å². The summed E-state index contributed by atoms with van der Waals surface area (Å²) in [6.07, 6.45) is 7.54. The van der Waals surface area contributed by atoms with Gasteiger partial charge in [-0.1, -0.05) is 25.8 Å². The van der Waals surface area contributed by atoms with E-state index in [9.17, 15) is 0 Å². The van der Waals surface area contributed by atoms with E-state index < -0.39 is 0 Å². The maximum atomic E-state index is 4.39. The zero-order valence-electron chi connectivity index (χ0n) is 10.4. The van der Waals surface area contributed by atoms with Crippen molar-refractivity contribution in [2.24, 2.45) is 5.92 Å². The molecule has 0 amide bonds. The Bertz CT molecular complexity index is 314. The van der Waals surface area contributed by atoms with Gasteiger partial charge in [0.1, 0.15) is 0 Å². The first-order valence-corrected chi connectivity index (χ1v) is 6.45. The first-order chi connectivity index (χ1) is 7.79. The molecule has 1 aliphatic rings. The lowest BCUT2D eigenvalue weighted by molar-refractivity contribution is 0.480. The van der Waals surface area contributed by atoms with Crippen LogP contribution in [0.2, 0.25) is 0 Å². The summed E-state index contributed by atoms with van der Waals surface area (Å²) < 4.78 is 0. The third-order valence-electron chi connectivity index (χ3n) is 3.35. The van der Waals surface area contributed by atoms with Gasteiger partial charge >= 0.3 is 0 Å². The van der Waals surface area contributed by atoms with E-state index in [1.807, 2.05) is 13.1 Å². The van der Waals surface area contributed by atoms with Crippen LogP contribution in [0.15, 0.2) is 18.3 Å². The Balaban J connectivity index is 1.95. The van der Waals surface area contributed by atoms with E-state index in [0.717, 1.165) is 18.2 Å². The average Bonchev–Trinajstić information content (AvgIpc) is 3.09. The lowest BCUT2D eigenvalue weighted by Gasteiger charge is -2.18. The molecule has 0 aromatic carbocycles. The Kier molecular flexibility index (Phi) is 3.94. The highest BCUT2D eigenvalue weighted by Crippen LogP contribution is 2.35. The number of hydrogen-bond donors (Lipinski definition) is 1. The van der Waals surface area contributed by atoms with Gasteiger partial charge in [-0.25, -0.2) is 0 Å². The second-order valence-electron chi connectivity index (χ2n) is 4.86.